The van der Waals surface area contributed by atoms with E-state index in [1.165, 1.54) is 0 Å². The summed E-state index contributed by atoms with van der Waals surface area (Å²) in [6.07, 6.45) is 3.22. The maximum atomic E-state index is 11.2. The molecule has 0 amide bonds. The lowest BCUT2D eigenvalue weighted by Gasteiger charge is -2.11. The van der Waals surface area contributed by atoms with Crippen molar-refractivity contribution in [2.45, 2.75) is 26.7 Å². The van der Waals surface area contributed by atoms with Gasteiger partial charge >= 0.3 is 5.97 Å². The second-order valence-electron chi connectivity index (χ2n) is 4.58. The van der Waals surface area contributed by atoms with Crippen LogP contribution in [0.15, 0.2) is 24.5 Å². The fourth-order valence-corrected chi connectivity index (χ4v) is 1.89. The van der Waals surface area contributed by atoms with E-state index in [-0.39, 0.29) is 11.5 Å². The second kappa shape index (κ2) is 5.14. The van der Waals surface area contributed by atoms with Gasteiger partial charge in [-0.3, -0.25) is 9.97 Å². The van der Waals surface area contributed by atoms with Gasteiger partial charge in [0.25, 0.3) is 0 Å². The first kappa shape index (κ1) is 13.1. The molecule has 0 bridgehead atoms. The highest BCUT2D eigenvalue weighted by Gasteiger charge is 2.16. The van der Waals surface area contributed by atoms with Gasteiger partial charge < -0.3 is 5.11 Å². The number of aryl methyl sites for hydroxylation is 1. The lowest BCUT2D eigenvalue weighted by atomic mass is 10.0. The summed E-state index contributed by atoms with van der Waals surface area (Å²) in [6, 6.07) is 3.25. The Kier molecular flexibility index (Phi) is 3.55. The van der Waals surface area contributed by atoms with E-state index in [9.17, 15) is 4.79 Å². The molecular weight excluding hydrogens is 242 g/mol. The normalized spacial score (nSPS) is 10.7. The van der Waals surface area contributed by atoms with E-state index < -0.39 is 5.97 Å². The summed E-state index contributed by atoms with van der Waals surface area (Å²) in [5, 5.41) is 9.16. The number of carbonyl (C=O) groups is 1. The number of carboxylic acid groups (broad SMARTS) is 1. The molecule has 98 valence electrons. The average molecular weight is 257 g/mol. The van der Waals surface area contributed by atoms with Crippen LogP contribution >= 0.6 is 0 Å². The summed E-state index contributed by atoms with van der Waals surface area (Å²) < 4.78 is 0. The third-order valence-electron chi connectivity index (χ3n) is 2.83. The van der Waals surface area contributed by atoms with Gasteiger partial charge in [-0.2, -0.15) is 0 Å². The van der Waals surface area contributed by atoms with Crippen LogP contribution < -0.4 is 0 Å². The molecule has 0 aliphatic heterocycles. The minimum atomic E-state index is -0.960. The summed E-state index contributed by atoms with van der Waals surface area (Å²) in [7, 11) is 0. The van der Waals surface area contributed by atoms with E-state index in [4.69, 9.17) is 5.11 Å². The lowest BCUT2D eigenvalue weighted by molar-refractivity contribution is 0.0694. The number of nitrogens with zero attached hydrogens (tertiary/aromatic N) is 3. The molecule has 0 saturated heterocycles. The molecule has 0 aliphatic carbocycles. The number of aromatic nitrogens is 3. The van der Waals surface area contributed by atoms with Crippen LogP contribution in [0.2, 0.25) is 0 Å². The van der Waals surface area contributed by atoms with Crippen LogP contribution in [0.5, 0.6) is 0 Å². The highest BCUT2D eigenvalue weighted by Crippen LogP contribution is 2.23. The molecule has 5 heteroatoms. The zero-order valence-corrected chi connectivity index (χ0v) is 11.1. The highest BCUT2D eigenvalue weighted by atomic mass is 16.4. The molecule has 0 atom stereocenters. The van der Waals surface area contributed by atoms with Crippen LogP contribution in [-0.2, 0) is 0 Å². The fraction of sp³-hybridized carbons (Fsp3) is 0.286. The number of hydrogen-bond acceptors (Lipinski definition) is 4. The number of aromatic carboxylic acids is 1. The second-order valence-corrected chi connectivity index (χ2v) is 4.58. The van der Waals surface area contributed by atoms with Gasteiger partial charge in [-0.15, -0.1) is 0 Å². The molecule has 0 radical (unpaired) electrons. The van der Waals surface area contributed by atoms with Crippen LogP contribution in [-0.4, -0.2) is 26.0 Å². The van der Waals surface area contributed by atoms with Crippen molar-refractivity contribution >= 4 is 5.97 Å². The van der Waals surface area contributed by atoms with Gasteiger partial charge in [0.05, 0.1) is 22.6 Å². The van der Waals surface area contributed by atoms with Crippen molar-refractivity contribution < 1.29 is 9.90 Å². The SMILES string of the molecule is Cc1nccnc1-c1ccc(C(=O)O)c(C(C)C)n1. The van der Waals surface area contributed by atoms with Gasteiger partial charge in [-0.25, -0.2) is 9.78 Å². The van der Waals surface area contributed by atoms with Crippen LogP contribution in [0.3, 0.4) is 0 Å². The van der Waals surface area contributed by atoms with Crippen LogP contribution in [0.4, 0.5) is 0 Å². The summed E-state index contributed by atoms with van der Waals surface area (Å²) in [4.78, 5) is 24.0. The minimum absolute atomic E-state index is 0.0306. The molecule has 0 aromatic carbocycles. The van der Waals surface area contributed by atoms with Gasteiger partial charge in [0, 0.05) is 12.4 Å². The summed E-state index contributed by atoms with van der Waals surface area (Å²) in [5.41, 5.74) is 2.91. The molecule has 0 aliphatic rings. The maximum absolute atomic E-state index is 11.2. The predicted molar refractivity (Wildman–Crippen MR) is 71.0 cm³/mol. The largest absolute Gasteiger partial charge is 0.478 e. The van der Waals surface area contributed by atoms with E-state index in [0.717, 1.165) is 5.69 Å². The van der Waals surface area contributed by atoms with Crippen molar-refractivity contribution in [2.24, 2.45) is 0 Å². The highest BCUT2D eigenvalue weighted by molar-refractivity contribution is 5.89. The van der Waals surface area contributed by atoms with Crippen LogP contribution in [0, 0.1) is 6.92 Å². The minimum Gasteiger partial charge on any atom is -0.478 e. The fourth-order valence-electron chi connectivity index (χ4n) is 1.89. The first-order valence-corrected chi connectivity index (χ1v) is 6.03. The topological polar surface area (TPSA) is 76.0 Å². The van der Waals surface area contributed by atoms with E-state index in [0.29, 0.717) is 17.1 Å². The molecule has 0 spiro atoms. The summed E-state index contributed by atoms with van der Waals surface area (Å²) in [5.74, 6) is -0.929. The van der Waals surface area contributed by atoms with Crippen LogP contribution in [0.1, 0.15) is 41.5 Å². The monoisotopic (exact) mass is 257 g/mol. The molecule has 2 aromatic heterocycles. The number of carboxylic acids is 1. The van der Waals surface area contributed by atoms with Crippen molar-refractivity contribution in [3.8, 4) is 11.4 Å². The quantitative estimate of drug-likeness (QED) is 0.914. The molecule has 2 heterocycles. The Labute approximate surface area is 111 Å². The number of hydrogen-bond donors (Lipinski definition) is 1. The molecule has 2 aromatic rings. The van der Waals surface area contributed by atoms with Gasteiger partial charge in [0.15, 0.2) is 0 Å². The standard InChI is InChI=1S/C14H15N3O2/c1-8(2)12-10(14(18)19)4-5-11(17-12)13-9(3)15-6-7-16-13/h4-8H,1-3H3,(H,18,19). The van der Waals surface area contributed by atoms with Crippen molar-refractivity contribution in [2.75, 3.05) is 0 Å². The van der Waals surface area contributed by atoms with Gasteiger partial charge in [0.1, 0.15) is 5.69 Å². The zero-order chi connectivity index (χ0) is 14.0. The molecule has 5 nitrogen and oxygen atoms in total. The Morgan fingerprint density at radius 3 is 2.47 bits per heavy atom. The molecule has 0 saturated carbocycles. The smallest absolute Gasteiger partial charge is 0.337 e. The van der Waals surface area contributed by atoms with Gasteiger partial charge in [-0.05, 0) is 25.0 Å². The van der Waals surface area contributed by atoms with E-state index in [1.807, 2.05) is 20.8 Å². The molecule has 2 rings (SSSR count). The van der Waals surface area contributed by atoms with Crippen molar-refractivity contribution in [1.29, 1.82) is 0 Å². The van der Waals surface area contributed by atoms with Crippen LogP contribution in [0.25, 0.3) is 11.4 Å². The Morgan fingerprint density at radius 1 is 1.21 bits per heavy atom. The third kappa shape index (κ3) is 2.59. The Bertz CT molecular complexity index is 624. The third-order valence-corrected chi connectivity index (χ3v) is 2.83. The Hall–Kier alpha value is -2.30. The molecule has 0 unspecified atom stereocenters. The van der Waals surface area contributed by atoms with E-state index in [2.05, 4.69) is 15.0 Å². The van der Waals surface area contributed by atoms with Crippen molar-refractivity contribution in [1.82, 2.24) is 15.0 Å². The van der Waals surface area contributed by atoms with Gasteiger partial charge in [0.2, 0.25) is 0 Å². The average Bonchev–Trinajstić information content (AvgIpc) is 2.38. The molecule has 1 N–H and O–H groups in total. The number of rotatable bonds is 3. The molecule has 0 fully saturated rings. The maximum Gasteiger partial charge on any atom is 0.337 e. The first-order valence-electron chi connectivity index (χ1n) is 6.03. The summed E-state index contributed by atoms with van der Waals surface area (Å²) >= 11 is 0. The van der Waals surface area contributed by atoms with E-state index in [1.54, 1.807) is 24.5 Å². The van der Waals surface area contributed by atoms with Crippen molar-refractivity contribution in [3.63, 3.8) is 0 Å². The first-order chi connectivity index (χ1) is 9.00. The zero-order valence-electron chi connectivity index (χ0n) is 11.1. The Balaban J connectivity index is 2.59. The van der Waals surface area contributed by atoms with Gasteiger partial charge in [-0.1, -0.05) is 13.8 Å². The van der Waals surface area contributed by atoms with Crippen molar-refractivity contribution in [3.05, 3.63) is 41.5 Å². The lowest BCUT2D eigenvalue weighted by Crippen LogP contribution is -2.07. The van der Waals surface area contributed by atoms with E-state index >= 15 is 0 Å². The molecular formula is C14H15N3O2. The number of pyridine rings is 1. The summed E-state index contributed by atoms with van der Waals surface area (Å²) in [6.45, 7) is 5.69. The molecule has 19 heavy (non-hydrogen) atoms. The Morgan fingerprint density at radius 2 is 1.89 bits per heavy atom. The predicted octanol–water partition coefficient (Wildman–Crippen LogP) is 2.67.